The minimum absolute atomic E-state index is 0.469. The fourth-order valence-corrected chi connectivity index (χ4v) is 2.63. The molecule has 1 aromatic heterocycles. The second kappa shape index (κ2) is 4.80. The summed E-state index contributed by atoms with van der Waals surface area (Å²) in [6, 6.07) is 2.17. The van der Waals surface area contributed by atoms with Gasteiger partial charge in [-0.2, -0.15) is 4.98 Å². The van der Waals surface area contributed by atoms with Crippen LogP contribution in [0, 0.1) is 5.41 Å². The first-order valence-electron chi connectivity index (χ1n) is 6.01. The van der Waals surface area contributed by atoms with Gasteiger partial charge < -0.3 is 11.1 Å². The van der Waals surface area contributed by atoms with Gasteiger partial charge in [-0.15, -0.1) is 0 Å². The molecule has 4 nitrogen and oxygen atoms in total. The van der Waals surface area contributed by atoms with E-state index >= 15 is 0 Å². The highest BCUT2D eigenvalue weighted by Gasteiger charge is 2.27. The summed E-state index contributed by atoms with van der Waals surface area (Å²) < 4.78 is 0.726. The Bertz CT molecular complexity index is 375. The van der Waals surface area contributed by atoms with Crippen LogP contribution in [-0.4, -0.2) is 16.0 Å². The van der Waals surface area contributed by atoms with Gasteiger partial charge in [0.05, 0.1) is 0 Å². The number of hydrogen-bond acceptors (Lipinski definition) is 4. The molecule has 0 unspecified atom stereocenters. The Morgan fingerprint density at radius 3 is 2.59 bits per heavy atom. The van der Waals surface area contributed by atoms with Crippen molar-refractivity contribution in [1.82, 2.24) is 9.97 Å². The van der Waals surface area contributed by atoms with Crippen molar-refractivity contribution in [2.45, 2.75) is 45.6 Å². The second-order valence-electron chi connectivity index (χ2n) is 5.52. The lowest BCUT2D eigenvalue weighted by atomic mass is 9.76. The highest BCUT2D eigenvalue weighted by atomic mass is 79.9. The number of nitrogen functional groups attached to an aromatic ring is 1. The predicted octanol–water partition coefficient (Wildman–Crippen LogP) is 3.20. The van der Waals surface area contributed by atoms with Crippen LogP contribution in [0.25, 0.3) is 0 Å². The van der Waals surface area contributed by atoms with Crippen molar-refractivity contribution in [1.29, 1.82) is 0 Å². The van der Waals surface area contributed by atoms with Crippen molar-refractivity contribution >= 4 is 27.7 Å². The number of hydrogen-bond donors (Lipinski definition) is 2. The molecule has 1 aliphatic carbocycles. The number of aromatic nitrogens is 2. The topological polar surface area (TPSA) is 63.8 Å². The van der Waals surface area contributed by atoms with Gasteiger partial charge in [0, 0.05) is 12.1 Å². The van der Waals surface area contributed by atoms with E-state index in [4.69, 9.17) is 5.73 Å². The number of halogens is 1. The van der Waals surface area contributed by atoms with E-state index in [9.17, 15) is 0 Å². The molecule has 1 fully saturated rings. The third-order valence-electron chi connectivity index (χ3n) is 3.39. The molecule has 17 heavy (non-hydrogen) atoms. The van der Waals surface area contributed by atoms with Crippen LogP contribution in [-0.2, 0) is 0 Å². The maximum Gasteiger partial charge on any atom is 0.225 e. The van der Waals surface area contributed by atoms with Gasteiger partial charge in [-0.1, -0.05) is 13.8 Å². The van der Waals surface area contributed by atoms with Crippen LogP contribution in [0.4, 0.5) is 11.8 Å². The van der Waals surface area contributed by atoms with E-state index in [2.05, 4.69) is 45.1 Å². The second-order valence-corrected chi connectivity index (χ2v) is 6.33. The van der Waals surface area contributed by atoms with E-state index in [1.54, 1.807) is 6.07 Å². The van der Waals surface area contributed by atoms with Crippen LogP contribution < -0.4 is 11.1 Å². The standard InChI is InChI=1S/C12H19BrN4/c1-12(2)5-3-8(4-6-12)15-11-16-9(13)7-10(14)17-11/h7-8H,3-6H2,1-2H3,(H3,14,15,16,17). The molecule has 0 atom stereocenters. The van der Waals surface area contributed by atoms with Gasteiger partial charge in [-0.25, -0.2) is 4.98 Å². The Hall–Kier alpha value is -0.840. The largest absolute Gasteiger partial charge is 0.383 e. The van der Waals surface area contributed by atoms with Gasteiger partial charge in [0.1, 0.15) is 10.4 Å². The molecule has 1 heterocycles. The zero-order valence-electron chi connectivity index (χ0n) is 10.3. The maximum atomic E-state index is 5.69. The van der Waals surface area contributed by atoms with Crippen LogP contribution >= 0.6 is 15.9 Å². The Kier molecular flexibility index (Phi) is 3.56. The van der Waals surface area contributed by atoms with E-state index in [0.717, 1.165) is 4.60 Å². The van der Waals surface area contributed by atoms with Crippen LogP contribution in [0.3, 0.4) is 0 Å². The summed E-state index contributed by atoms with van der Waals surface area (Å²) in [6.45, 7) is 4.66. The Labute approximate surface area is 111 Å². The third-order valence-corrected chi connectivity index (χ3v) is 3.79. The van der Waals surface area contributed by atoms with Gasteiger partial charge in [0.25, 0.3) is 0 Å². The van der Waals surface area contributed by atoms with Crippen LogP contribution in [0.2, 0.25) is 0 Å². The summed E-state index contributed by atoms with van der Waals surface area (Å²) in [7, 11) is 0. The van der Waals surface area contributed by atoms with Crippen molar-refractivity contribution in [2.24, 2.45) is 5.41 Å². The molecule has 0 aromatic carbocycles. The molecule has 3 N–H and O–H groups in total. The number of anilines is 2. The molecule has 0 aliphatic heterocycles. The monoisotopic (exact) mass is 298 g/mol. The highest BCUT2D eigenvalue weighted by Crippen LogP contribution is 2.35. The molecule has 1 aliphatic rings. The fourth-order valence-electron chi connectivity index (χ4n) is 2.23. The van der Waals surface area contributed by atoms with Crippen molar-refractivity contribution in [3.8, 4) is 0 Å². The van der Waals surface area contributed by atoms with Crippen molar-refractivity contribution in [3.05, 3.63) is 10.7 Å². The average molecular weight is 299 g/mol. The molecule has 0 saturated heterocycles. The molecule has 1 saturated carbocycles. The summed E-state index contributed by atoms with van der Waals surface area (Å²) in [5, 5.41) is 3.37. The molecule has 0 bridgehead atoms. The van der Waals surface area contributed by atoms with Crippen molar-refractivity contribution < 1.29 is 0 Å². The SMILES string of the molecule is CC1(C)CCC(Nc2nc(N)cc(Br)n2)CC1. The van der Waals surface area contributed by atoms with E-state index in [1.807, 2.05) is 0 Å². The van der Waals surface area contributed by atoms with Gasteiger partial charge >= 0.3 is 0 Å². The van der Waals surface area contributed by atoms with Crippen LogP contribution in [0.5, 0.6) is 0 Å². The Morgan fingerprint density at radius 2 is 2.00 bits per heavy atom. The van der Waals surface area contributed by atoms with Crippen LogP contribution in [0.15, 0.2) is 10.7 Å². The number of rotatable bonds is 2. The first kappa shape index (κ1) is 12.6. The molecular weight excluding hydrogens is 280 g/mol. The maximum absolute atomic E-state index is 5.69. The summed E-state index contributed by atoms with van der Waals surface area (Å²) >= 11 is 3.32. The molecule has 5 heteroatoms. The lowest BCUT2D eigenvalue weighted by Gasteiger charge is -2.34. The van der Waals surface area contributed by atoms with Gasteiger partial charge in [0.2, 0.25) is 5.95 Å². The first-order valence-corrected chi connectivity index (χ1v) is 6.80. The molecular formula is C12H19BrN4. The fraction of sp³-hybridized carbons (Fsp3) is 0.667. The molecule has 1 aromatic rings. The lowest BCUT2D eigenvalue weighted by Crippen LogP contribution is -2.30. The normalized spacial score (nSPS) is 20.2. The highest BCUT2D eigenvalue weighted by molar-refractivity contribution is 9.10. The Morgan fingerprint density at radius 1 is 1.35 bits per heavy atom. The molecule has 0 radical (unpaired) electrons. The van der Waals surface area contributed by atoms with Gasteiger partial charge in [-0.05, 0) is 47.0 Å². The zero-order chi connectivity index (χ0) is 12.5. The summed E-state index contributed by atoms with van der Waals surface area (Å²) in [5.41, 5.74) is 6.17. The molecule has 2 rings (SSSR count). The van der Waals surface area contributed by atoms with Gasteiger partial charge in [0.15, 0.2) is 0 Å². The third kappa shape index (κ3) is 3.56. The zero-order valence-corrected chi connectivity index (χ0v) is 11.9. The minimum Gasteiger partial charge on any atom is -0.383 e. The van der Waals surface area contributed by atoms with E-state index in [1.165, 1.54) is 25.7 Å². The smallest absolute Gasteiger partial charge is 0.225 e. The van der Waals surface area contributed by atoms with E-state index < -0.39 is 0 Å². The lowest BCUT2D eigenvalue weighted by molar-refractivity contribution is 0.232. The first-order chi connectivity index (χ1) is 7.94. The Balaban J connectivity index is 1.97. The number of nitrogens with two attached hydrogens (primary N) is 1. The summed E-state index contributed by atoms with van der Waals surface area (Å²) in [6.07, 6.45) is 4.83. The van der Waals surface area contributed by atoms with E-state index in [-0.39, 0.29) is 0 Å². The van der Waals surface area contributed by atoms with E-state index in [0.29, 0.717) is 23.2 Å². The number of nitrogens with one attached hydrogen (secondary N) is 1. The van der Waals surface area contributed by atoms with Crippen molar-refractivity contribution in [2.75, 3.05) is 11.1 Å². The molecule has 0 amide bonds. The van der Waals surface area contributed by atoms with Crippen molar-refractivity contribution in [3.63, 3.8) is 0 Å². The summed E-state index contributed by atoms with van der Waals surface area (Å²) in [4.78, 5) is 8.47. The van der Waals surface area contributed by atoms with Gasteiger partial charge in [-0.3, -0.25) is 0 Å². The number of nitrogens with zero attached hydrogens (tertiary/aromatic N) is 2. The quantitative estimate of drug-likeness (QED) is 0.823. The molecule has 94 valence electrons. The average Bonchev–Trinajstić information content (AvgIpc) is 2.20. The summed E-state index contributed by atoms with van der Waals surface area (Å²) in [5.74, 6) is 1.12. The minimum atomic E-state index is 0.469. The van der Waals surface area contributed by atoms with Crippen LogP contribution in [0.1, 0.15) is 39.5 Å². The predicted molar refractivity (Wildman–Crippen MR) is 73.8 cm³/mol. The molecule has 0 spiro atoms.